The van der Waals surface area contributed by atoms with Crippen LogP contribution in [0.5, 0.6) is 0 Å². The number of nitrogens with zero attached hydrogens (tertiary/aromatic N) is 1. The summed E-state index contributed by atoms with van der Waals surface area (Å²) in [6.07, 6.45) is 2.75. The number of nitrogens with one attached hydrogen (secondary N) is 1. The number of aryl methyl sites for hydroxylation is 1. The van der Waals surface area contributed by atoms with Gasteiger partial charge in [0.15, 0.2) is 0 Å². The molecule has 1 aliphatic rings. The molecule has 172 valence electrons. The van der Waals surface area contributed by atoms with Crippen LogP contribution in [0.1, 0.15) is 59.8 Å². The molecule has 0 aromatic heterocycles. The van der Waals surface area contributed by atoms with E-state index in [9.17, 15) is 9.18 Å². The zero-order chi connectivity index (χ0) is 23.4. The van der Waals surface area contributed by atoms with E-state index < -0.39 is 0 Å². The summed E-state index contributed by atoms with van der Waals surface area (Å²) in [7, 11) is 0. The van der Waals surface area contributed by atoms with Crippen molar-refractivity contribution < 1.29 is 9.18 Å². The Morgan fingerprint density at radius 3 is 2.36 bits per heavy atom. The summed E-state index contributed by atoms with van der Waals surface area (Å²) in [5, 5.41) is 3.45. The van der Waals surface area contributed by atoms with E-state index in [0.29, 0.717) is 19.5 Å². The van der Waals surface area contributed by atoms with Gasteiger partial charge in [-0.2, -0.15) is 0 Å². The Labute approximate surface area is 196 Å². The summed E-state index contributed by atoms with van der Waals surface area (Å²) >= 11 is 0. The van der Waals surface area contributed by atoms with E-state index in [4.69, 9.17) is 0 Å². The Morgan fingerprint density at radius 1 is 0.970 bits per heavy atom. The Hall–Kier alpha value is -3.14. The fourth-order valence-corrected chi connectivity index (χ4v) is 4.36. The maximum Gasteiger partial charge on any atom is 0.256 e. The molecule has 33 heavy (non-hydrogen) atoms. The topological polar surface area (TPSA) is 32.3 Å². The molecule has 3 nitrogen and oxygen atoms in total. The van der Waals surface area contributed by atoms with Gasteiger partial charge in [-0.3, -0.25) is 4.79 Å². The van der Waals surface area contributed by atoms with Gasteiger partial charge in [0.2, 0.25) is 0 Å². The minimum Gasteiger partial charge on any atom is -0.384 e. The van der Waals surface area contributed by atoms with Crippen LogP contribution in [-0.4, -0.2) is 23.9 Å². The van der Waals surface area contributed by atoms with Gasteiger partial charge in [-0.15, -0.1) is 0 Å². The van der Waals surface area contributed by atoms with Gasteiger partial charge in [0, 0.05) is 19.6 Å². The summed E-state index contributed by atoms with van der Waals surface area (Å²) < 4.78 is 13.3. The molecule has 0 radical (unpaired) electrons. The van der Waals surface area contributed by atoms with E-state index in [2.05, 4.69) is 56.4 Å². The Balaban J connectivity index is 1.59. The van der Waals surface area contributed by atoms with Crippen LogP contribution in [0.3, 0.4) is 0 Å². The second kappa shape index (κ2) is 9.78. The molecule has 0 saturated heterocycles. The van der Waals surface area contributed by atoms with Crippen LogP contribution < -0.4 is 5.32 Å². The second-order valence-corrected chi connectivity index (χ2v) is 9.92. The van der Waals surface area contributed by atoms with Crippen LogP contribution >= 0.6 is 0 Å². The number of carbonyl (C=O) groups excluding carboxylic acids is 1. The Kier molecular flexibility index (Phi) is 6.83. The molecule has 0 aliphatic carbocycles. The zero-order valence-electron chi connectivity index (χ0n) is 19.8. The Bertz CT molecular complexity index is 1100. The van der Waals surface area contributed by atoms with Gasteiger partial charge in [-0.25, -0.2) is 4.39 Å². The molecule has 3 aromatic rings. The van der Waals surface area contributed by atoms with Crippen LogP contribution in [0.25, 0.3) is 0 Å². The van der Waals surface area contributed by atoms with Crippen LogP contribution in [-0.2, 0) is 24.8 Å². The highest BCUT2D eigenvalue weighted by molar-refractivity contribution is 6.00. The summed E-state index contributed by atoms with van der Waals surface area (Å²) in [5.41, 5.74) is 6.41. The zero-order valence-corrected chi connectivity index (χ0v) is 19.8. The third-order valence-electron chi connectivity index (χ3n) is 6.37. The van der Waals surface area contributed by atoms with Crippen molar-refractivity contribution in [1.29, 1.82) is 0 Å². The highest BCUT2D eigenvalue weighted by atomic mass is 19.1. The summed E-state index contributed by atoms with van der Waals surface area (Å²) in [4.78, 5) is 15.7. The molecule has 0 spiro atoms. The highest BCUT2D eigenvalue weighted by Crippen LogP contribution is 2.28. The predicted octanol–water partition coefficient (Wildman–Crippen LogP) is 6.37. The standard InChI is InChI=1S/C29H33FN2O/c1-29(2,3)24-13-9-22(10-14-24)20-32(19-17-21-11-15-25(30)16-12-21)28(33)26-8-4-6-23-7-5-18-31-27(23)26/h4,6,8-16,31H,5,7,17-20H2,1-3H3. The van der Waals surface area contributed by atoms with Gasteiger partial charge in [-0.05, 0) is 65.1 Å². The monoisotopic (exact) mass is 444 g/mol. The van der Waals surface area contributed by atoms with Gasteiger partial charge < -0.3 is 10.2 Å². The summed E-state index contributed by atoms with van der Waals surface area (Å²) in [5.74, 6) is -0.212. The molecule has 0 atom stereocenters. The molecule has 1 N–H and O–H groups in total. The van der Waals surface area contributed by atoms with E-state index in [1.807, 2.05) is 17.0 Å². The lowest BCUT2D eigenvalue weighted by Crippen LogP contribution is -2.33. The van der Waals surface area contributed by atoms with Crippen LogP contribution in [0.15, 0.2) is 66.7 Å². The Morgan fingerprint density at radius 2 is 1.67 bits per heavy atom. The summed E-state index contributed by atoms with van der Waals surface area (Å²) in [6, 6.07) is 21.1. The van der Waals surface area contributed by atoms with E-state index in [0.717, 1.165) is 41.8 Å². The molecule has 1 aliphatic heterocycles. The fraction of sp³-hybridized carbons (Fsp3) is 0.345. The molecule has 0 unspecified atom stereocenters. The molecule has 1 heterocycles. The first-order valence-corrected chi connectivity index (χ1v) is 11.8. The average Bonchev–Trinajstić information content (AvgIpc) is 2.81. The van der Waals surface area contributed by atoms with Gasteiger partial charge in [-0.1, -0.05) is 69.3 Å². The van der Waals surface area contributed by atoms with Crippen LogP contribution in [0.4, 0.5) is 10.1 Å². The fourth-order valence-electron chi connectivity index (χ4n) is 4.36. The normalized spacial score (nSPS) is 13.2. The number of para-hydroxylation sites is 1. The van der Waals surface area contributed by atoms with Crippen molar-refractivity contribution in [2.75, 3.05) is 18.4 Å². The van der Waals surface area contributed by atoms with Gasteiger partial charge in [0.25, 0.3) is 5.91 Å². The van der Waals surface area contributed by atoms with E-state index in [1.54, 1.807) is 12.1 Å². The lowest BCUT2D eigenvalue weighted by molar-refractivity contribution is 0.0746. The van der Waals surface area contributed by atoms with E-state index >= 15 is 0 Å². The molecular weight excluding hydrogens is 411 g/mol. The minimum absolute atomic E-state index is 0.0308. The number of halogens is 1. The molecule has 4 rings (SSSR count). The number of rotatable bonds is 6. The number of hydrogen-bond donors (Lipinski definition) is 1. The third-order valence-corrected chi connectivity index (χ3v) is 6.37. The molecule has 0 saturated carbocycles. The van der Waals surface area contributed by atoms with Crippen molar-refractivity contribution in [3.05, 3.63) is 100 Å². The maximum atomic E-state index is 13.7. The molecule has 3 aromatic carbocycles. The smallest absolute Gasteiger partial charge is 0.256 e. The van der Waals surface area contributed by atoms with Crippen molar-refractivity contribution in [3.8, 4) is 0 Å². The quantitative estimate of drug-likeness (QED) is 0.479. The lowest BCUT2D eigenvalue weighted by Gasteiger charge is -2.27. The molecule has 0 bridgehead atoms. The molecule has 4 heteroatoms. The first kappa shape index (κ1) is 23.0. The van der Waals surface area contributed by atoms with Crippen molar-refractivity contribution >= 4 is 11.6 Å². The van der Waals surface area contributed by atoms with Crippen molar-refractivity contribution in [2.45, 2.75) is 52.0 Å². The number of amides is 1. The van der Waals surface area contributed by atoms with Crippen molar-refractivity contribution in [1.82, 2.24) is 4.90 Å². The first-order chi connectivity index (χ1) is 15.8. The van der Waals surface area contributed by atoms with Crippen LogP contribution in [0, 0.1) is 5.82 Å². The number of anilines is 1. The molecule has 0 fully saturated rings. The number of benzene rings is 3. The molecular formula is C29H33FN2O. The lowest BCUT2D eigenvalue weighted by atomic mass is 9.87. The average molecular weight is 445 g/mol. The van der Waals surface area contributed by atoms with Gasteiger partial charge in [0.05, 0.1) is 11.3 Å². The predicted molar refractivity (Wildman–Crippen MR) is 133 cm³/mol. The summed E-state index contributed by atoms with van der Waals surface area (Å²) in [6.45, 7) is 8.59. The number of carbonyl (C=O) groups is 1. The second-order valence-electron chi connectivity index (χ2n) is 9.92. The van der Waals surface area contributed by atoms with E-state index in [-0.39, 0.29) is 17.1 Å². The van der Waals surface area contributed by atoms with Gasteiger partial charge in [0.1, 0.15) is 5.82 Å². The highest BCUT2D eigenvalue weighted by Gasteiger charge is 2.23. The SMILES string of the molecule is CC(C)(C)c1ccc(CN(CCc2ccc(F)cc2)C(=O)c2cccc3c2NCCC3)cc1. The van der Waals surface area contributed by atoms with Crippen molar-refractivity contribution in [3.63, 3.8) is 0 Å². The third kappa shape index (κ3) is 5.62. The van der Waals surface area contributed by atoms with Gasteiger partial charge >= 0.3 is 0 Å². The number of fused-ring (bicyclic) bond motifs is 1. The van der Waals surface area contributed by atoms with Crippen LogP contribution in [0.2, 0.25) is 0 Å². The largest absolute Gasteiger partial charge is 0.384 e. The minimum atomic E-state index is -0.243. The van der Waals surface area contributed by atoms with Crippen molar-refractivity contribution in [2.24, 2.45) is 0 Å². The number of hydrogen-bond acceptors (Lipinski definition) is 2. The molecule has 1 amide bonds. The first-order valence-electron chi connectivity index (χ1n) is 11.8. The maximum absolute atomic E-state index is 13.7. The van der Waals surface area contributed by atoms with E-state index in [1.165, 1.54) is 23.3 Å².